The van der Waals surface area contributed by atoms with E-state index >= 15 is 0 Å². The Morgan fingerprint density at radius 3 is 0.885 bits per heavy atom. The van der Waals surface area contributed by atoms with Crippen molar-refractivity contribution >= 4 is 0 Å². The Hall–Kier alpha value is -0.0400. The second-order valence-corrected chi connectivity index (χ2v) is 8.56. The first-order chi connectivity index (χ1) is 12.8. The molecule has 0 amide bonds. The van der Waals surface area contributed by atoms with E-state index in [-0.39, 0.29) is 6.10 Å². The zero-order valence-electron chi connectivity index (χ0n) is 18.5. The molecule has 1 radical (unpaired) electrons. The maximum Gasteiger partial charge on any atom is 0.0930 e. The standard InChI is InChI=1S/C25H51O/c1-3-5-7-9-11-13-15-17-19-21-23-25(26)24-22-20-18-16-14-12-10-8-6-4-2/h25H,3-24H2,1-2H3. The highest BCUT2D eigenvalue weighted by atomic mass is 16.3. The summed E-state index contributed by atoms with van der Waals surface area (Å²) in [7, 11) is 0. The van der Waals surface area contributed by atoms with Crippen LogP contribution in [0.25, 0.3) is 0 Å². The second kappa shape index (κ2) is 23.0. The van der Waals surface area contributed by atoms with Crippen LogP contribution in [0.5, 0.6) is 0 Å². The van der Waals surface area contributed by atoms with Gasteiger partial charge in [0.05, 0.1) is 6.10 Å². The Morgan fingerprint density at radius 1 is 0.385 bits per heavy atom. The molecule has 1 heteroatoms. The third kappa shape index (κ3) is 22.0. The van der Waals surface area contributed by atoms with E-state index in [2.05, 4.69) is 13.8 Å². The molecule has 0 saturated heterocycles. The van der Waals surface area contributed by atoms with Gasteiger partial charge in [0, 0.05) is 0 Å². The van der Waals surface area contributed by atoms with Gasteiger partial charge in [0.15, 0.2) is 0 Å². The fraction of sp³-hybridized carbons (Fsp3) is 1.00. The van der Waals surface area contributed by atoms with Gasteiger partial charge in [-0.1, -0.05) is 142 Å². The van der Waals surface area contributed by atoms with E-state index in [4.69, 9.17) is 0 Å². The quantitative estimate of drug-likeness (QED) is 0.170. The Balaban J connectivity index is 3.12. The van der Waals surface area contributed by atoms with Crippen LogP contribution >= 0.6 is 0 Å². The molecule has 0 atom stereocenters. The molecular formula is C25H51O. The molecular weight excluding hydrogens is 316 g/mol. The van der Waals surface area contributed by atoms with Crippen LogP contribution in [0.2, 0.25) is 0 Å². The fourth-order valence-electron chi connectivity index (χ4n) is 3.86. The third-order valence-electron chi connectivity index (χ3n) is 5.76. The SMILES string of the molecule is CCCCCCCCCCCCC([O])CCCCCCCCCCCC. The number of rotatable bonds is 22. The van der Waals surface area contributed by atoms with Crippen molar-refractivity contribution in [3.8, 4) is 0 Å². The molecule has 0 aliphatic rings. The Morgan fingerprint density at radius 2 is 0.615 bits per heavy atom. The smallest absolute Gasteiger partial charge is 0.0930 e. The summed E-state index contributed by atoms with van der Waals surface area (Å²) in [4.78, 5) is 0. The minimum Gasteiger partial charge on any atom is -0.233 e. The normalized spacial score (nSPS) is 11.5. The van der Waals surface area contributed by atoms with Gasteiger partial charge in [0.2, 0.25) is 0 Å². The van der Waals surface area contributed by atoms with Gasteiger partial charge in [-0.15, -0.1) is 0 Å². The van der Waals surface area contributed by atoms with Crippen LogP contribution in [0.4, 0.5) is 0 Å². The van der Waals surface area contributed by atoms with Crippen molar-refractivity contribution in [2.75, 3.05) is 0 Å². The summed E-state index contributed by atoms with van der Waals surface area (Å²) in [6.07, 6.45) is 28.8. The fourth-order valence-corrected chi connectivity index (χ4v) is 3.86. The molecule has 0 bridgehead atoms. The molecule has 0 spiro atoms. The lowest BCUT2D eigenvalue weighted by molar-refractivity contribution is 0.0688. The second-order valence-electron chi connectivity index (χ2n) is 8.56. The van der Waals surface area contributed by atoms with Crippen LogP contribution in [0.15, 0.2) is 0 Å². The molecule has 0 aliphatic heterocycles. The van der Waals surface area contributed by atoms with Crippen molar-refractivity contribution in [3.63, 3.8) is 0 Å². The lowest BCUT2D eigenvalue weighted by Gasteiger charge is -2.08. The molecule has 0 aliphatic carbocycles. The minimum atomic E-state index is -0.280. The summed E-state index contributed by atoms with van der Waals surface area (Å²) >= 11 is 0. The van der Waals surface area contributed by atoms with Crippen LogP contribution in [-0.2, 0) is 5.11 Å². The van der Waals surface area contributed by atoms with E-state index in [0.29, 0.717) is 0 Å². The molecule has 0 heterocycles. The summed E-state index contributed by atoms with van der Waals surface area (Å²) in [5.41, 5.74) is 0. The predicted octanol–water partition coefficient (Wildman–Crippen LogP) is 9.41. The van der Waals surface area contributed by atoms with Crippen LogP contribution in [0.3, 0.4) is 0 Å². The van der Waals surface area contributed by atoms with Gasteiger partial charge in [-0.25, -0.2) is 5.11 Å². The first-order valence-electron chi connectivity index (χ1n) is 12.5. The van der Waals surface area contributed by atoms with Gasteiger partial charge in [-0.05, 0) is 12.8 Å². The highest BCUT2D eigenvalue weighted by molar-refractivity contribution is 4.57. The Kier molecular flexibility index (Phi) is 23.0. The molecule has 0 unspecified atom stereocenters. The number of unbranched alkanes of at least 4 members (excludes halogenated alkanes) is 18. The molecule has 0 fully saturated rings. The molecule has 0 N–H and O–H groups in total. The summed E-state index contributed by atoms with van der Waals surface area (Å²) in [5.74, 6) is 0. The molecule has 26 heavy (non-hydrogen) atoms. The van der Waals surface area contributed by atoms with Crippen molar-refractivity contribution in [1.82, 2.24) is 0 Å². The maximum absolute atomic E-state index is 12.0. The molecule has 1 nitrogen and oxygen atoms in total. The average molecular weight is 368 g/mol. The van der Waals surface area contributed by atoms with Crippen molar-refractivity contribution in [2.24, 2.45) is 0 Å². The van der Waals surface area contributed by atoms with Gasteiger partial charge >= 0.3 is 0 Å². The van der Waals surface area contributed by atoms with Crippen molar-refractivity contribution in [1.29, 1.82) is 0 Å². The lowest BCUT2D eigenvalue weighted by Crippen LogP contribution is -2.04. The van der Waals surface area contributed by atoms with Crippen molar-refractivity contribution in [3.05, 3.63) is 0 Å². The Labute approximate surface area is 166 Å². The van der Waals surface area contributed by atoms with Gasteiger partial charge in [-0.2, -0.15) is 0 Å². The van der Waals surface area contributed by atoms with Crippen LogP contribution < -0.4 is 0 Å². The largest absolute Gasteiger partial charge is 0.233 e. The molecule has 0 aromatic rings. The average Bonchev–Trinajstić information content (AvgIpc) is 2.64. The van der Waals surface area contributed by atoms with Crippen molar-refractivity contribution in [2.45, 2.75) is 161 Å². The summed E-state index contributed by atoms with van der Waals surface area (Å²) in [6, 6.07) is 0. The van der Waals surface area contributed by atoms with E-state index in [0.717, 1.165) is 12.8 Å². The molecule has 0 saturated carbocycles. The topological polar surface area (TPSA) is 19.9 Å². The first kappa shape index (κ1) is 26.0. The molecule has 0 aromatic carbocycles. The van der Waals surface area contributed by atoms with Gasteiger partial charge in [-0.3, -0.25) is 0 Å². The highest BCUT2D eigenvalue weighted by Gasteiger charge is 2.05. The summed E-state index contributed by atoms with van der Waals surface area (Å²) < 4.78 is 0. The first-order valence-corrected chi connectivity index (χ1v) is 12.5. The Bertz CT molecular complexity index is 214. The zero-order valence-corrected chi connectivity index (χ0v) is 18.5. The minimum absolute atomic E-state index is 0.280. The van der Waals surface area contributed by atoms with E-state index in [1.807, 2.05) is 0 Å². The zero-order chi connectivity index (χ0) is 19.1. The van der Waals surface area contributed by atoms with Crippen LogP contribution in [0.1, 0.15) is 155 Å². The van der Waals surface area contributed by atoms with Gasteiger partial charge < -0.3 is 0 Å². The van der Waals surface area contributed by atoms with Gasteiger partial charge in [0.1, 0.15) is 0 Å². The van der Waals surface area contributed by atoms with Crippen molar-refractivity contribution < 1.29 is 5.11 Å². The lowest BCUT2D eigenvalue weighted by atomic mass is 10.0. The van der Waals surface area contributed by atoms with Gasteiger partial charge in [0.25, 0.3) is 0 Å². The molecule has 0 aromatic heterocycles. The highest BCUT2D eigenvalue weighted by Crippen LogP contribution is 2.16. The van der Waals surface area contributed by atoms with E-state index < -0.39 is 0 Å². The monoisotopic (exact) mass is 367 g/mol. The molecule has 0 rings (SSSR count). The summed E-state index contributed by atoms with van der Waals surface area (Å²) in [5, 5.41) is 12.0. The predicted molar refractivity (Wildman–Crippen MR) is 117 cm³/mol. The van der Waals surface area contributed by atoms with Crippen LogP contribution in [0, 0.1) is 0 Å². The number of hydrogen-bond acceptors (Lipinski definition) is 0. The molecule has 157 valence electrons. The van der Waals surface area contributed by atoms with E-state index in [1.54, 1.807) is 0 Å². The maximum atomic E-state index is 12.0. The summed E-state index contributed by atoms with van der Waals surface area (Å²) in [6.45, 7) is 4.56. The van der Waals surface area contributed by atoms with Crippen LogP contribution in [-0.4, -0.2) is 6.10 Å². The van der Waals surface area contributed by atoms with E-state index in [1.165, 1.54) is 128 Å². The number of hydrogen-bond donors (Lipinski definition) is 0. The third-order valence-corrected chi connectivity index (χ3v) is 5.76. The van der Waals surface area contributed by atoms with E-state index in [9.17, 15) is 5.11 Å².